The molecule has 5 nitrogen and oxygen atoms in total. The number of carbonyl (C=O) groups excluding carboxylic acids is 1. The molecule has 0 saturated carbocycles. The molecule has 1 saturated heterocycles. The van der Waals surface area contributed by atoms with Crippen molar-refractivity contribution in [2.45, 2.75) is 50.9 Å². The molecule has 2 aromatic carbocycles. The van der Waals surface area contributed by atoms with Gasteiger partial charge in [-0.1, -0.05) is 30.7 Å². The van der Waals surface area contributed by atoms with Crippen LogP contribution in [-0.2, 0) is 16.6 Å². The average molecular weight is 434 g/mol. The number of anilines is 2. The third-order valence-electron chi connectivity index (χ3n) is 7.57. The molecule has 1 aliphatic carbocycles. The average Bonchev–Trinajstić information content (AvgIpc) is 3.11. The molecule has 1 atom stereocenters. The van der Waals surface area contributed by atoms with E-state index in [0.717, 1.165) is 82.7 Å². The van der Waals surface area contributed by atoms with Gasteiger partial charge in [0.05, 0.1) is 17.7 Å². The van der Waals surface area contributed by atoms with Crippen molar-refractivity contribution in [3.8, 4) is 5.75 Å². The molecule has 0 aromatic heterocycles. The van der Waals surface area contributed by atoms with E-state index in [1.165, 1.54) is 16.8 Å². The summed E-state index contributed by atoms with van der Waals surface area (Å²) in [6, 6.07) is 14.8. The predicted molar refractivity (Wildman–Crippen MR) is 130 cm³/mol. The van der Waals surface area contributed by atoms with Gasteiger partial charge in [0.2, 0.25) is 5.91 Å². The molecule has 5 rings (SSSR count). The van der Waals surface area contributed by atoms with Gasteiger partial charge in [0.25, 0.3) is 0 Å². The van der Waals surface area contributed by atoms with Gasteiger partial charge in [-0.2, -0.15) is 0 Å². The molecule has 2 heterocycles. The van der Waals surface area contributed by atoms with Crippen LogP contribution in [0, 0.1) is 0 Å². The maximum Gasteiger partial charge on any atom is 0.235 e. The van der Waals surface area contributed by atoms with Crippen LogP contribution in [0.25, 0.3) is 0 Å². The fourth-order valence-corrected chi connectivity index (χ4v) is 5.99. The number of rotatable bonds is 8. The van der Waals surface area contributed by atoms with E-state index in [1.807, 2.05) is 13.0 Å². The molecular formula is C27H35N3O2. The van der Waals surface area contributed by atoms with E-state index >= 15 is 0 Å². The summed E-state index contributed by atoms with van der Waals surface area (Å²) < 4.78 is 5.82. The predicted octanol–water partition coefficient (Wildman–Crippen LogP) is 4.60. The lowest BCUT2D eigenvalue weighted by Gasteiger charge is -2.37. The molecule has 1 N–H and O–H groups in total. The smallest absolute Gasteiger partial charge is 0.235 e. The van der Waals surface area contributed by atoms with Crippen LogP contribution >= 0.6 is 0 Å². The Kier molecular flexibility index (Phi) is 6.09. The molecule has 2 aliphatic heterocycles. The number of hydrogen-bond donors (Lipinski definition) is 1. The number of piperazine rings is 1. The first-order valence-corrected chi connectivity index (χ1v) is 12.3. The van der Waals surface area contributed by atoms with Gasteiger partial charge in [-0.3, -0.25) is 9.69 Å². The lowest BCUT2D eigenvalue weighted by molar-refractivity contribution is -0.121. The summed E-state index contributed by atoms with van der Waals surface area (Å²) in [5.41, 5.74) is 4.71. The van der Waals surface area contributed by atoms with Gasteiger partial charge in [-0.05, 0) is 74.9 Å². The van der Waals surface area contributed by atoms with Crippen molar-refractivity contribution in [2.24, 2.45) is 0 Å². The molecule has 32 heavy (non-hydrogen) atoms. The van der Waals surface area contributed by atoms with Crippen LogP contribution in [0.4, 0.5) is 11.4 Å². The van der Waals surface area contributed by atoms with Crippen LogP contribution in [0.3, 0.4) is 0 Å². The maximum atomic E-state index is 13.0. The Balaban J connectivity index is 1.13. The quantitative estimate of drug-likeness (QED) is 0.618. The first kappa shape index (κ1) is 21.3. The standard InChI is InChI=1S/C27H35N3O2/c1-2-32-24-13-4-3-12-23(24)30-19-17-29(18-20-30)16-6-5-14-27-15-8-10-21-9-7-11-22(25(21)27)28-26(27)31/h3-4,7,9,11-13H,2,5-6,8,10,14-20H2,1H3,(H,28,31). The van der Waals surface area contributed by atoms with Crippen molar-refractivity contribution in [3.63, 3.8) is 0 Å². The van der Waals surface area contributed by atoms with Gasteiger partial charge >= 0.3 is 0 Å². The number of benzene rings is 2. The van der Waals surface area contributed by atoms with E-state index < -0.39 is 0 Å². The summed E-state index contributed by atoms with van der Waals surface area (Å²) in [6.45, 7) is 8.09. The monoisotopic (exact) mass is 433 g/mol. The topological polar surface area (TPSA) is 44.8 Å². The fraction of sp³-hybridized carbons (Fsp3) is 0.519. The Morgan fingerprint density at radius 2 is 1.88 bits per heavy atom. The molecular weight excluding hydrogens is 398 g/mol. The highest BCUT2D eigenvalue weighted by Gasteiger charge is 2.48. The van der Waals surface area contributed by atoms with E-state index in [2.05, 4.69) is 51.5 Å². The maximum absolute atomic E-state index is 13.0. The normalized spacial score (nSPS) is 22.5. The third-order valence-corrected chi connectivity index (χ3v) is 7.57. The molecule has 5 heteroatoms. The van der Waals surface area contributed by atoms with Crippen LogP contribution in [0.15, 0.2) is 42.5 Å². The molecule has 3 aliphatic rings. The SMILES string of the molecule is CCOc1ccccc1N1CCN(CCCCC23CCCc4cccc(c42)NC3=O)CC1. The highest BCUT2D eigenvalue weighted by atomic mass is 16.5. The van der Waals surface area contributed by atoms with Gasteiger partial charge in [0.15, 0.2) is 0 Å². The minimum absolute atomic E-state index is 0.237. The highest BCUT2D eigenvalue weighted by Crippen LogP contribution is 2.49. The molecule has 1 unspecified atom stereocenters. The summed E-state index contributed by atoms with van der Waals surface area (Å²) in [5.74, 6) is 1.23. The number of hydrogen-bond acceptors (Lipinski definition) is 4. The number of nitrogens with one attached hydrogen (secondary N) is 1. The van der Waals surface area contributed by atoms with Crippen LogP contribution in [0.5, 0.6) is 5.75 Å². The second-order valence-corrected chi connectivity index (χ2v) is 9.42. The zero-order valence-electron chi connectivity index (χ0n) is 19.2. The van der Waals surface area contributed by atoms with E-state index in [4.69, 9.17) is 4.74 Å². The third kappa shape index (κ3) is 3.88. The van der Waals surface area contributed by atoms with Crippen molar-refractivity contribution in [1.29, 1.82) is 0 Å². The second-order valence-electron chi connectivity index (χ2n) is 9.42. The van der Waals surface area contributed by atoms with Gasteiger partial charge in [0.1, 0.15) is 5.75 Å². The van der Waals surface area contributed by atoms with Crippen molar-refractivity contribution in [1.82, 2.24) is 4.90 Å². The Labute approximate surface area is 191 Å². The lowest BCUT2D eigenvalue weighted by Crippen LogP contribution is -2.46. The number of unbranched alkanes of at least 4 members (excludes halogenated alkanes) is 1. The van der Waals surface area contributed by atoms with Crippen LogP contribution in [0.1, 0.15) is 50.2 Å². The van der Waals surface area contributed by atoms with Gasteiger partial charge in [-0.15, -0.1) is 0 Å². The molecule has 1 fully saturated rings. The lowest BCUT2D eigenvalue weighted by atomic mass is 9.68. The van der Waals surface area contributed by atoms with Gasteiger partial charge < -0.3 is 15.0 Å². The van der Waals surface area contributed by atoms with Crippen molar-refractivity contribution >= 4 is 17.3 Å². The van der Waals surface area contributed by atoms with Crippen LogP contribution < -0.4 is 15.0 Å². The van der Waals surface area contributed by atoms with Crippen molar-refractivity contribution in [3.05, 3.63) is 53.6 Å². The summed E-state index contributed by atoms with van der Waals surface area (Å²) in [7, 11) is 0. The summed E-state index contributed by atoms with van der Waals surface area (Å²) in [4.78, 5) is 18.0. The summed E-state index contributed by atoms with van der Waals surface area (Å²) >= 11 is 0. The zero-order chi connectivity index (χ0) is 22.0. The second kappa shape index (κ2) is 9.14. The number of ether oxygens (including phenoxy) is 1. The first-order valence-electron chi connectivity index (χ1n) is 12.3. The zero-order valence-corrected chi connectivity index (χ0v) is 19.2. The molecule has 2 aromatic rings. The summed E-state index contributed by atoms with van der Waals surface area (Å²) in [6.07, 6.45) is 6.47. The Hall–Kier alpha value is -2.53. The number of carbonyl (C=O) groups is 1. The van der Waals surface area contributed by atoms with E-state index in [-0.39, 0.29) is 11.3 Å². The van der Waals surface area contributed by atoms with Crippen LogP contribution in [0.2, 0.25) is 0 Å². The Morgan fingerprint density at radius 3 is 2.72 bits per heavy atom. The van der Waals surface area contributed by atoms with Crippen molar-refractivity contribution in [2.75, 3.05) is 49.5 Å². The minimum Gasteiger partial charge on any atom is -0.492 e. The Bertz CT molecular complexity index is 967. The number of nitrogens with zero attached hydrogens (tertiary/aromatic N) is 2. The Morgan fingerprint density at radius 1 is 1.03 bits per heavy atom. The van der Waals surface area contributed by atoms with E-state index in [0.29, 0.717) is 6.61 Å². The van der Waals surface area contributed by atoms with Gasteiger partial charge in [0, 0.05) is 31.9 Å². The number of aryl methyl sites for hydroxylation is 1. The highest BCUT2D eigenvalue weighted by molar-refractivity contribution is 6.07. The largest absolute Gasteiger partial charge is 0.492 e. The van der Waals surface area contributed by atoms with Crippen molar-refractivity contribution < 1.29 is 9.53 Å². The van der Waals surface area contributed by atoms with Crippen LogP contribution in [-0.4, -0.2) is 50.1 Å². The molecule has 170 valence electrons. The summed E-state index contributed by atoms with van der Waals surface area (Å²) in [5, 5.41) is 3.18. The molecule has 0 spiro atoms. The number of para-hydroxylation sites is 2. The van der Waals surface area contributed by atoms with Gasteiger partial charge in [-0.25, -0.2) is 0 Å². The van der Waals surface area contributed by atoms with E-state index in [1.54, 1.807) is 0 Å². The number of amides is 1. The molecule has 0 radical (unpaired) electrons. The first-order chi connectivity index (χ1) is 15.7. The minimum atomic E-state index is -0.272. The fourth-order valence-electron chi connectivity index (χ4n) is 5.99. The molecule has 0 bridgehead atoms. The molecule has 1 amide bonds. The van der Waals surface area contributed by atoms with E-state index in [9.17, 15) is 4.79 Å².